The Labute approximate surface area is 167 Å². The summed E-state index contributed by atoms with van der Waals surface area (Å²) in [5, 5.41) is 12.4. The predicted octanol–water partition coefficient (Wildman–Crippen LogP) is 5.02. The van der Waals surface area contributed by atoms with Gasteiger partial charge in [-0.1, -0.05) is 60.7 Å². The second-order valence-electron chi connectivity index (χ2n) is 8.32. The van der Waals surface area contributed by atoms with Gasteiger partial charge in [-0.05, 0) is 44.7 Å². The molecule has 1 aliphatic rings. The van der Waals surface area contributed by atoms with Crippen molar-refractivity contribution in [2.45, 2.75) is 57.8 Å². The molecule has 5 heteroatoms. The topological polar surface area (TPSA) is 53.0 Å². The Morgan fingerprint density at radius 3 is 2.36 bits per heavy atom. The summed E-state index contributed by atoms with van der Waals surface area (Å²) in [5.74, 6) is 0. The van der Waals surface area contributed by atoms with Gasteiger partial charge < -0.3 is 14.8 Å². The molecule has 0 radical (unpaired) electrons. The second-order valence-corrected chi connectivity index (χ2v) is 8.32. The number of ether oxygens (including phenoxy) is 1. The molecule has 28 heavy (non-hydrogen) atoms. The van der Waals surface area contributed by atoms with E-state index in [1.54, 1.807) is 4.90 Å². The summed E-state index contributed by atoms with van der Waals surface area (Å²) in [5.41, 5.74) is 1.46. The molecule has 1 N–H and O–H groups in total. The third kappa shape index (κ3) is 5.12. The summed E-state index contributed by atoms with van der Waals surface area (Å²) in [4.78, 5) is 14.6. The van der Waals surface area contributed by atoms with Crippen LogP contribution in [0.15, 0.2) is 60.7 Å². The Morgan fingerprint density at radius 1 is 1.14 bits per heavy atom. The molecule has 150 valence electrons. The molecule has 0 saturated carbocycles. The Balaban J connectivity index is 1.87. The van der Waals surface area contributed by atoms with E-state index in [4.69, 9.17) is 4.74 Å². The van der Waals surface area contributed by atoms with Gasteiger partial charge in [-0.25, -0.2) is 4.79 Å². The maximum Gasteiger partial charge on any atom is 0.410 e. The molecule has 1 aliphatic heterocycles. The van der Waals surface area contributed by atoms with Crippen molar-refractivity contribution in [3.05, 3.63) is 71.8 Å². The molecule has 2 aromatic rings. The van der Waals surface area contributed by atoms with E-state index < -0.39 is 5.60 Å². The Bertz CT molecular complexity index is 758. The number of nitrogens with zero attached hydrogens (tertiary/aromatic N) is 2. The zero-order chi connectivity index (χ0) is 20.1. The number of carbonyl (C=O) groups is 1. The van der Waals surface area contributed by atoms with Crippen molar-refractivity contribution in [3.8, 4) is 0 Å². The molecule has 2 atom stereocenters. The van der Waals surface area contributed by atoms with Crippen molar-refractivity contribution in [2.24, 2.45) is 0 Å². The van der Waals surface area contributed by atoms with Gasteiger partial charge >= 0.3 is 6.09 Å². The van der Waals surface area contributed by atoms with Crippen molar-refractivity contribution in [1.82, 2.24) is 9.96 Å². The summed E-state index contributed by atoms with van der Waals surface area (Å²) < 4.78 is 5.62. The highest BCUT2D eigenvalue weighted by molar-refractivity contribution is 5.69. The second kappa shape index (κ2) is 8.76. The first-order valence-corrected chi connectivity index (χ1v) is 9.89. The molecular weight excluding hydrogens is 352 g/mol. The van der Waals surface area contributed by atoms with Crippen LogP contribution < -0.4 is 0 Å². The number of amides is 1. The Hall–Kier alpha value is -2.37. The fraction of sp³-hybridized carbons (Fsp3) is 0.435. The monoisotopic (exact) mass is 382 g/mol. The highest BCUT2D eigenvalue weighted by Gasteiger charge is 2.40. The van der Waals surface area contributed by atoms with E-state index in [-0.39, 0.29) is 18.2 Å². The molecule has 2 aromatic carbocycles. The molecule has 1 amide bonds. The van der Waals surface area contributed by atoms with Crippen LogP contribution in [0.5, 0.6) is 0 Å². The maximum atomic E-state index is 12.8. The zero-order valence-electron chi connectivity index (χ0n) is 16.9. The highest BCUT2D eigenvalue weighted by atomic mass is 16.6. The van der Waals surface area contributed by atoms with Gasteiger partial charge in [0.25, 0.3) is 0 Å². The number of likely N-dealkylation sites (tertiary alicyclic amines) is 1. The van der Waals surface area contributed by atoms with Crippen LogP contribution in [0.3, 0.4) is 0 Å². The zero-order valence-corrected chi connectivity index (χ0v) is 16.9. The lowest BCUT2D eigenvalue weighted by atomic mass is 9.96. The maximum absolute atomic E-state index is 12.8. The average molecular weight is 383 g/mol. The molecule has 1 fully saturated rings. The molecule has 0 aliphatic carbocycles. The molecule has 3 rings (SSSR count). The fourth-order valence-corrected chi connectivity index (χ4v) is 3.78. The summed E-state index contributed by atoms with van der Waals surface area (Å²) in [7, 11) is 0. The van der Waals surface area contributed by atoms with Crippen molar-refractivity contribution in [2.75, 3.05) is 6.54 Å². The number of rotatable bonds is 5. The smallest absolute Gasteiger partial charge is 0.410 e. The van der Waals surface area contributed by atoms with Gasteiger partial charge in [0.05, 0.1) is 12.1 Å². The summed E-state index contributed by atoms with van der Waals surface area (Å²) >= 11 is 0. The third-order valence-electron chi connectivity index (χ3n) is 4.94. The van der Waals surface area contributed by atoms with Crippen LogP contribution >= 0.6 is 0 Å². The van der Waals surface area contributed by atoms with Crippen LogP contribution in [-0.2, 0) is 11.3 Å². The van der Waals surface area contributed by atoms with E-state index in [1.807, 2.05) is 81.4 Å². The first-order valence-electron chi connectivity index (χ1n) is 9.89. The van der Waals surface area contributed by atoms with Crippen molar-refractivity contribution >= 4 is 6.09 Å². The van der Waals surface area contributed by atoms with Crippen LogP contribution in [0.1, 0.15) is 50.8 Å². The van der Waals surface area contributed by atoms with Gasteiger partial charge in [-0.15, -0.1) is 0 Å². The summed E-state index contributed by atoms with van der Waals surface area (Å²) in [6, 6.07) is 19.3. The summed E-state index contributed by atoms with van der Waals surface area (Å²) in [6.07, 6.45) is 1.40. The minimum absolute atomic E-state index is 0.147. The van der Waals surface area contributed by atoms with Crippen LogP contribution in [-0.4, -0.2) is 39.5 Å². The minimum Gasteiger partial charge on any atom is -0.444 e. The van der Waals surface area contributed by atoms with Gasteiger partial charge in [0.1, 0.15) is 5.60 Å². The van der Waals surface area contributed by atoms with E-state index in [1.165, 1.54) is 5.06 Å². The molecule has 0 bridgehead atoms. The van der Waals surface area contributed by atoms with Crippen LogP contribution in [0.2, 0.25) is 0 Å². The van der Waals surface area contributed by atoms with E-state index in [0.717, 1.165) is 24.0 Å². The lowest BCUT2D eigenvalue weighted by Gasteiger charge is -2.37. The van der Waals surface area contributed by atoms with Crippen LogP contribution in [0.25, 0.3) is 0 Å². The third-order valence-corrected chi connectivity index (χ3v) is 4.94. The number of benzene rings is 2. The van der Waals surface area contributed by atoms with Gasteiger partial charge in [0, 0.05) is 13.1 Å². The van der Waals surface area contributed by atoms with Crippen LogP contribution in [0, 0.1) is 0 Å². The van der Waals surface area contributed by atoms with E-state index in [0.29, 0.717) is 13.1 Å². The Morgan fingerprint density at radius 2 is 1.75 bits per heavy atom. The molecular formula is C23H30N2O3. The van der Waals surface area contributed by atoms with E-state index >= 15 is 0 Å². The first-order chi connectivity index (χ1) is 13.3. The van der Waals surface area contributed by atoms with Crippen molar-refractivity contribution in [1.29, 1.82) is 0 Å². The van der Waals surface area contributed by atoms with Crippen molar-refractivity contribution in [3.63, 3.8) is 0 Å². The van der Waals surface area contributed by atoms with Crippen molar-refractivity contribution < 1.29 is 14.7 Å². The molecule has 5 nitrogen and oxygen atoms in total. The first kappa shape index (κ1) is 20.4. The number of hydroxylamine groups is 2. The molecule has 1 saturated heterocycles. The van der Waals surface area contributed by atoms with Gasteiger partial charge in [-0.2, -0.15) is 5.06 Å². The normalized spacial score (nSPS) is 18.3. The number of carbonyl (C=O) groups excluding carboxylic acids is 1. The molecule has 0 aromatic heterocycles. The molecule has 0 spiro atoms. The quantitative estimate of drug-likeness (QED) is 0.738. The van der Waals surface area contributed by atoms with E-state index in [2.05, 4.69) is 0 Å². The van der Waals surface area contributed by atoms with Gasteiger partial charge in [0.15, 0.2) is 0 Å². The van der Waals surface area contributed by atoms with Gasteiger partial charge in [-0.3, -0.25) is 0 Å². The standard InChI is InChI=1S/C23H30N2O3/c1-23(2,3)28-22(26)24-16-10-15-20(24)21(19-13-8-5-9-14-19)25(27)17-18-11-6-4-7-12-18/h4-9,11-14,20-21,27H,10,15-17H2,1-3H3/t20-,21-/m0/s1. The Kier molecular flexibility index (Phi) is 6.37. The minimum atomic E-state index is -0.546. The largest absolute Gasteiger partial charge is 0.444 e. The lowest BCUT2D eigenvalue weighted by molar-refractivity contribution is -0.152. The lowest BCUT2D eigenvalue weighted by Crippen LogP contribution is -2.46. The number of hydrogen-bond donors (Lipinski definition) is 1. The predicted molar refractivity (Wildman–Crippen MR) is 109 cm³/mol. The number of hydrogen-bond acceptors (Lipinski definition) is 4. The fourth-order valence-electron chi connectivity index (χ4n) is 3.78. The molecule has 0 unspecified atom stereocenters. The van der Waals surface area contributed by atoms with Gasteiger partial charge in [0.2, 0.25) is 0 Å². The molecule has 1 heterocycles. The average Bonchev–Trinajstić information content (AvgIpc) is 3.12. The van der Waals surface area contributed by atoms with E-state index in [9.17, 15) is 10.0 Å². The SMILES string of the molecule is CC(C)(C)OC(=O)N1CCC[C@H]1[C@H](c1ccccc1)N(O)Cc1ccccc1. The summed E-state index contributed by atoms with van der Waals surface area (Å²) in [6.45, 7) is 6.65. The highest BCUT2D eigenvalue weighted by Crippen LogP contribution is 2.35. The van der Waals surface area contributed by atoms with Crippen LogP contribution in [0.4, 0.5) is 4.79 Å².